The Morgan fingerprint density at radius 2 is 2.07 bits per heavy atom. The van der Waals surface area contributed by atoms with Gasteiger partial charge in [0.2, 0.25) is 17.7 Å². The minimum absolute atomic E-state index is 0.0517. The maximum Gasteiger partial charge on any atom is 0.276 e. The molecule has 142 valence electrons. The fourth-order valence-corrected chi connectivity index (χ4v) is 4.31. The molecular formula is C18H21N5O3S. The number of fused-ring (bicyclic) bond motifs is 4. The number of aromatic nitrogens is 3. The van der Waals surface area contributed by atoms with Crippen LogP contribution in [0.3, 0.4) is 0 Å². The number of hydrogen-bond donors (Lipinski definition) is 0. The highest BCUT2D eigenvalue weighted by Gasteiger charge is 2.39. The summed E-state index contributed by atoms with van der Waals surface area (Å²) in [6.45, 7) is 1.17. The Morgan fingerprint density at radius 1 is 1.26 bits per heavy atom. The van der Waals surface area contributed by atoms with E-state index >= 15 is 0 Å². The second kappa shape index (κ2) is 7.67. The number of amides is 2. The van der Waals surface area contributed by atoms with Crippen LogP contribution in [-0.2, 0) is 9.59 Å². The number of thioether (sulfide) groups is 1. The average molecular weight is 387 g/mol. The molecule has 0 radical (unpaired) electrons. The molecule has 2 bridgehead atoms. The standard InChI is InChI=1S/C18H21N5O3S/c1-22-14-3-2-13(17(22)25)10-23(11-14)15(24)6-9-27-18-21-20-16(26-18)12-4-7-19-8-5-12/h4-5,7-8,13-14H,2-3,6,9-11H2,1H3/t13-,14+/m0/s1. The highest BCUT2D eigenvalue weighted by molar-refractivity contribution is 7.99. The Balaban J connectivity index is 1.30. The number of piperidine rings is 1. The first-order valence-corrected chi connectivity index (χ1v) is 10.0. The molecule has 2 aromatic heterocycles. The Morgan fingerprint density at radius 3 is 2.89 bits per heavy atom. The quantitative estimate of drug-likeness (QED) is 0.721. The van der Waals surface area contributed by atoms with E-state index in [9.17, 15) is 9.59 Å². The number of likely N-dealkylation sites (N-methyl/N-ethyl adjacent to an activating group) is 1. The monoisotopic (exact) mass is 387 g/mol. The lowest BCUT2D eigenvalue weighted by Gasteiger charge is -2.32. The van der Waals surface area contributed by atoms with Gasteiger partial charge in [-0.15, -0.1) is 10.2 Å². The van der Waals surface area contributed by atoms with Crippen molar-refractivity contribution in [2.45, 2.75) is 30.5 Å². The van der Waals surface area contributed by atoms with Gasteiger partial charge in [-0.25, -0.2) is 0 Å². The first-order valence-electron chi connectivity index (χ1n) is 9.03. The van der Waals surface area contributed by atoms with E-state index in [0.29, 0.717) is 36.4 Å². The van der Waals surface area contributed by atoms with Crippen molar-refractivity contribution >= 4 is 23.6 Å². The lowest BCUT2D eigenvalue weighted by Crippen LogP contribution is -2.45. The van der Waals surface area contributed by atoms with Crippen LogP contribution in [-0.4, -0.2) is 68.7 Å². The number of hydrogen-bond acceptors (Lipinski definition) is 7. The fourth-order valence-electron chi connectivity index (χ4n) is 3.62. The van der Waals surface area contributed by atoms with Crippen molar-refractivity contribution in [2.24, 2.45) is 5.92 Å². The average Bonchev–Trinajstić information content (AvgIpc) is 2.99. The molecule has 2 amide bonds. The van der Waals surface area contributed by atoms with E-state index < -0.39 is 0 Å². The van der Waals surface area contributed by atoms with Crippen molar-refractivity contribution in [3.63, 3.8) is 0 Å². The van der Waals surface area contributed by atoms with Crippen LogP contribution in [0.5, 0.6) is 0 Å². The molecule has 8 nitrogen and oxygen atoms in total. The predicted molar refractivity (Wildman–Crippen MR) is 98.7 cm³/mol. The van der Waals surface area contributed by atoms with Crippen molar-refractivity contribution in [1.82, 2.24) is 25.0 Å². The van der Waals surface area contributed by atoms with E-state index in [1.165, 1.54) is 11.8 Å². The topological polar surface area (TPSA) is 92.4 Å². The zero-order valence-electron chi connectivity index (χ0n) is 15.1. The molecule has 0 spiro atoms. The molecule has 0 unspecified atom stereocenters. The molecule has 0 saturated carbocycles. The number of rotatable bonds is 5. The maximum atomic E-state index is 12.6. The summed E-state index contributed by atoms with van der Waals surface area (Å²) in [4.78, 5) is 32.5. The van der Waals surface area contributed by atoms with Crippen LogP contribution in [0.2, 0.25) is 0 Å². The molecule has 0 N–H and O–H groups in total. The third-order valence-electron chi connectivity index (χ3n) is 5.19. The van der Waals surface area contributed by atoms with E-state index in [1.54, 1.807) is 24.5 Å². The Hall–Kier alpha value is -2.42. The Labute approximate surface area is 161 Å². The number of pyridine rings is 1. The van der Waals surface area contributed by atoms with Crippen molar-refractivity contribution in [2.75, 3.05) is 25.9 Å². The van der Waals surface area contributed by atoms with Crippen LogP contribution in [0.25, 0.3) is 11.5 Å². The van der Waals surface area contributed by atoms with Gasteiger partial charge in [0.1, 0.15) is 0 Å². The molecule has 3 fully saturated rings. The summed E-state index contributed by atoms with van der Waals surface area (Å²) >= 11 is 1.37. The van der Waals surface area contributed by atoms with Gasteiger partial charge in [-0.05, 0) is 25.0 Å². The van der Waals surface area contributed by atoms with Gasteiger partial charge >= 0.3 is 0 Å². The highest BCUT2D eigenvalue weighted by Crippen LogP contribution is 2.29. The summed E-state index contributed by atoms with van der Waals surface area (Å²) in [7, 11) is 1.85. The van der Waals surface area contributed by atoms with Crippen LogP contribution in [0.1, 0.15) is 19.3 Å². The summed E-state index contributed by atoms with van der Waals surface area (Å²) in [5.74, 6) is 1.20. The molecule has 3 aliphatic rings. The molecule has 0 aliphatic carbocycles. The molecule has 9 heteroatoms. The van der Waals surface area contributed by atoms with Gasteiger partial charge in [0.05, 0.1) is 5.92 Å². The zero-order valence-corrected chi connectivity index (χ0v) is 15.9. The van der Waals surface area contributed by atoms with Gasteiger partial charge in [-0.2, -0.15) is 0 Å². The first kappa shape index (κ1) is 18.0. The van der Waals surface area contributed by atoms with Crippen LogP contribution >= 0.6 is 11.8 Å². The molecule has 5 heterocycles. The van der Waals surface area contributed by atoms with Crippen LogP contribution in [0.15, 0.2) is 34.2 Å². The van der Waals surface area contributed by atoms with Crippen LogP contribution in [0.4, 0.5) is 0 Å². The maximum absolute atomic E-state index is 12.6. The van der Waals surface area contributed by atoms with Gasteiger partial charge in [-0.1, -0.05) is 11.8 Å². The van der Waals surface area contributed by atoms with E-state index in [0.717, 1.165) is 18.4 Å². The molecule has 0 aromatic carbocycles. The molecule has 5 rings (SSSR count). The van der Waals surface area contributed by atoms with Crippen molar-refractivity contribution in [3.05, 3.63) is 24.5 Å². The lowest BCUT2D eigenvalue weighted by atomic mass is 9.95. The Bertz CT molecular complexity index is 827. The van der Waals surface area contributed by atoms with E-state index in [2.05, 4.69) is 15.2 Å². The normalized spacial score (nSPS) is 22.2. The third kappa shape index (κ3) is 3.83. The molecular weight excluding hydrogens is 366 g/mol. The van der Waals surface area contributed by atoms with E-state index in [4.69, 9.17) is 4.42 Å². The minimum atomic E-state index is -0.0517. The fraction of sp³-hybridized carbons (Fsp3) is 0.500. The van der Waals surface area contributed by atoms with Crippen LogP contribution in [0, 0.1) is 5.92 Å². The molecule has 3 aliphatic heterocycles. The molecule has 2 atom stereocenters. The van der Waals surface area contributed by atoms with Crippen molar-refractivity contribution in [1.29, 1.82) is 0 Å². The summed E-state index contributed by atoms with van der Waals surface area (Å²) in [5.41, 5.74) is 0.814. The largest absolute Gasteiger partial charge is 0.411 e. The van der Waals surface area contributed by atoms with Gasteiger partial charge in [-0.3, -0.25) is 14.6 Å². The molecule has 27 heavy (non-hydrogen) atoms. The third-order valence-corrected chi connectivity index (χ3v) is 6.01. The molecule has 2 aromatic rings. The highest BCUT2D eigenvalue weighted by atomic mass is 32.2. The number of nitrogens with zero attached hydrogens (tertiary/aromatic N) is 5. The molecule has 3 saturated heterocycles. The minimum Gasteiger partial charge on any atom is -0.411 e. The number of carbonyl (C=O) groups is 2. The van der Waals surface area contributed by atoms with E-state index in [1.807, 2.05) is 16.8 Å². The summed E-state index contributed by atoms with van der Waals surface area (Å²) < 4.78 is 5.63. The smallest absolute Gasteiger partial charge is 0.276 e. The Kier molecular flexibility index (Phi) is 5.11. The predicted octanol–water partition coefficient (Wildman–Crippen LogP) is 1.69. The zero-order chi connectivity index (χ0) is 18.8. The summed E-state index contributed by atoms with van der Waals surface area (Å²) in [6.07, 6.45) is 5.58. The lowest BCUT2D eigenvalue weighted by molar-refractivity contribution is -0.138. The van der Waals surface area contributed by atoms with Gasteiger partial charge in [0.15, 0.2) is 0 Å². The van der Waals surface area contributed by atoms with Crippen molar-refractivity contribution in [3.8, 4) is 11.5 Å². The summed E-state index contributed by atoms with van der Waals surface area (Å²) in [6, 6.07) is 3.75. The van der Waals surface area contributed by atoms with Gasteiger partial charge in [0.25, 0.3) is 5.22 Å². The second-order valence-electron chi connectivity index (χ2n) is 6.88. The SMILES string of the molecule is CN1C(=O)[C@H]2CC[C@@H]1CN(C(=O)CCSc1nnc(-c3ccncc3)o1)C2. The van der Waals surface area contributed by atoms with Gasteiger partial charge in [0, 0.05) is 56.3 Å². The van der Waals surface area contributed by atoms with E-state index in [-0.39, 0.29) is 23.8 Å². The van der Waals surface area contributed by atoms with Crippen molar-refractivity contribution < 1.29 is 14.0 Å². The van der Waals surface area contributed by atoms with Crippen LogP contribution < -0.4 is 0 Å². The van der Waals surface area contributed by atoms with Gasteiger partial charge < -0.3 is 14.2 Å². The first-order chi connectivity index (χ1) is 13.1. The second-order valence-corrected chi connectivity index (χ2v) is 7.93. The summed E-state index contributed by atoms with van der Waals surface area (Å²) in [5, 5.41) is 8.49. The number of carbonyl (C=O) groups excluding carboxylic acids is 2.